The molecule has 0 unspecified atom stereocenters. The van der Waals surface area contributed by atoms with Crippen molar-refractivity contribution in [2.45, 2.75) is 0 Å². The summed E-state index contributed by atoms with van der Waals surface area (Å²) in [5, 5.41) is 0.305. The molecule has 0 fully saturated rings. The largest absolute Gasteiger partial charge is 0.436 e. The van der Waals surface area contributed by atoms with E-state index >= 15 is 0 Å². The minimum absolute atomic E-state index is 0.233. The van der Waals surface area contributed by atoms with Crippen molar-refractivity contribution < 1.29 is 4.74 Å². The summed E-state index contributed by atoms with van der Waals surface area (Å²) in [6.07, 6.45) is 1.41. The standard InChI is InChI=1S/C10H8BrClN4O/c11-6-3-1-2-4-8(6)17-9-7(12)5-14-10(15-9)16-13/h1-5H,13H2,(H,14,15,16). The second kappa shape index (κ2) is 5.31. The van der Waals surface area contributed by atoms with E-state index < -0.39 is 0 Å². The highest BCUT2D eigenvalue weighted by Gasteiger charge is 2.09. The van der Waals surface area contributed by atoms with Crippen LogP contribution >= 0.6 is 27.5 Å². The smallest absolute Gasteiger partial charge is 0.243 e. The molecule has 0 bridgehead atoms. The molecule has 2 rings (SSSR count). The zero-order valence-electron chi connectivity index (χ0n) is 8.52. The van der Waals surface area contributed by atoms with E-state index in [0.29, 0.717) is 10.8 Å². The Bertz CT molecular complexity index is 537. The van der Waals surface area contributed by atoms with Crippen LogP contribution < -0.4 is 16.0 Å². The highest BCUT2D eigenvalue weighted by molar-refractivity contribution is 9.10. The average Bonchev–Trinajstić information content (AvgIpc) is 2.35. The summed E-state index contributed by atoms with van der Waals surface area (Å²) in [6.45, 7) is 0. The van der Waals surface area contributed by atoms with Crippen molar-refractivity contribution in [3.05, 3.63) is 40.0 Å². The number of benzene rings is 1. The van der Waals surface area contributed by atoms with E-state index in [-0.39, 0.29) is 11.8 Å². The lowest BCUT2D eigenvalue weighted by atomic mass is 10.3. The third-order valence-corrected chi connectivity index (χ3v) is 2.80. The molecule has 0 radical (unpaired) electrons. The van der Waals surface area contributed by atoms with E-state index in [0.717, 1.165) is 4.47 Å². The number of hydrazine groups is 1. The number of para-hydroxylation sites is 1. The number of nitrogens with two attached hydrogens (primary N) is 1. The van der Waals surface area contributed by atoms with Crippen LogP contribution in [0.15, 0.2) is 34.9 Å². The van der Waals surface area contributed by atoms with Gasteiger partial charge in [-0.05, 0) is 28.1 Å². The van der Waals surface area contributed by atoms with Gasteiger partial charge in [-0.2, -0.15) is 4.98 Å². The number of nitrogens with one attached hydrogen (secondary N) is 1. The first-order valence-electron chi connectivity index (χ1n) is 4.62. The van der Waals surface area contributed by atoms with Gasteiger partial charge in [0.2, 0.25) is 11.8 Å². The Morgan fingerprint density at radius 1 is 1.35 bits per heavy atom. The van der Waals surface area contributed by atoms with Crippen molar-refractivity contribution in [3.8, 4) is 11.6 Å². The van der Waals surface area contributed by atoms with Gasteiger partial charge in [0.05, 0.1) is 10.7 Å². The van der Waals surface area contributed by atoms with Gasteiger partial charge in [0.15, 0.2) is 0 Å². The van der Waals surface area contributed by atoms with Crippen molar-refractivity contribution in [2.24, 2.45) is 5.84 Å². The van der Waals surface area contributed by atoms with E-state index in [2.05, 4.69) is 31.3 Å². The number of ether oxygens (including phenoxy) is 1. The number of hydrogen-bond donors (Lipinski definition) is 2. The van der Waals surface area contributed by atoms with Crippen LogP contribution in [0.25, 0.3) is 0 Å². The number of aromatic nitrogens is 2. The fraction of sp³-hybridized carbons (Fsp3) is 0. The summed E-state index contributed by atoms with van der Waals surface area (Å²) in [6, 6.07) is 7.37. The van der Waals surface area contributed by atoms with Crippen molar-refractivity contribution in [2.75, 3.05) is 5.43 Å². The molecule has 5 nitrogen and oxygen atoms in total. The highest BCUT2D eigenvalue weighted by Crippen LogP contribution is 2.31. The molecule has 0 aliphatic rings. The third kappa shape index (κ3) is 2.85. The van der Waals surface area contributed by atoms with Crippen molar-refractivity contribution in [1.29, 1.82) is 0 Å². The predicted molar refractivity (Wildman–Crippen MR) is 69.1 cm³/mol. The summed E-state index contributed by atoms with van der Waals surface area (Å²) >= 11 is 9.28. The van der Waals surface area contributed by atoms with Crippen LogP contribution in [0.5, 0.6) is 11.6 Å². The molecule has 0 aliphatic carbocycles. The first-order chi connectivity index (χ1) is 8.20. The van der Waals surface area contributed by atoms with Gasteiger partial charge in [-0.3, -0.25) is 5.43 Å². The minimum atomic E-state index is 0.233. The Hall–Kier alpha value is -1.37. The lowest BCUT2D eigenvalue weighted by Gasteiger charge is -2.08. The molecule has 3 N–H and O–H groups in total. The molecule has 0 amide bonds. The first kappa shape index (κ1) is 12.1. The Morgan fingerprint density at radius 3 is 2.82 bits per heavy atom. The quantitative estimate of drug-likeness (QED) is 0.673. The molecule has 1 heterocycles. The van der Waals surface area contributed by atoms with Crippen molar-refractivity contribution in [1.82, 2.24) is 9.97 Å². The van der Waals surface area contributed by atoms with E-state index in [4.69, 9.17) is 22.2 Å². The number of nitrogens with zero attached hydrogens (tertiary/aromatic N) is 2. The molecule has 0 aliphatic heterocycles. The summed E-state index contributed by atoms with van der Waals surface area (Å²) in [5.74, 6) is 6.29. The summed E-state index contributed by atoms with van der Waals surface area (Å²) in [4.78, 5) is 7.86. The second-order valence-corrected chi connectivity index (χ2v) is 4.29. The zero-order chi connectivity index (χ0) is 12.3. The molecular formula is C10H8BrClN4O. The van der Waals surface area contributed by atoms with Gasteiger partial charge in [0.25, 0.3) is 0 Å². The Kier molecular flexibility index (Phi) is 3.78. The van der Waals surface area contributed by atoms with Gasteiger partial charge in [-0.15, -0.1) is 0 Å². The highest BCUT2D eigenvalue weighted by atomic mass is 79.9. The van der Waals surface area contributed by atoms with E-state index in [1.807, 2.05) is 18.2 Å². The minimum Gasteiger partial charge on any atom is -0.436 e. The lowest BCUT2D eigenvalue weighted by molar-refractivity contribution is 0.460. The summed E-state index contributed by atoms with van der Waals surface area (Å²) in [5.41, 5.74) is 2.32. The van der Waals surface area contributed by atoms with Gasteiger partial charge in [0, 0.05) is 0 Å². The molecule has 0 saturated carbocycles. The fourth-order valence-electron chi connectivity index (χ4n) is 1.12. The van der Waals surface area contributed by atoms with Crippen LogP contribution in [0.1, 0.15) is 0 Å². The molecule has 17 heavy (non-hydrogen) atoms. The maximum absolute atomic E-state index is 5.92. The molecule has 2 aromatic rings. The van der Waals surface area contributed by atoms with E-state index in [1.54, 1.807) is 6.07 Å². The Morgan fingerprint density at radius 2 is 2.12 bits per heavy atom. The van der Waals surface area contributed by atoms with Gasteiger partial charge in [0.1, 0.15) is 10.8 Å². The Balaban J connectivity index is 2.32. The number of rotatable bonds is 3. The van der Waals surface area contributed by atoms with Gasteiger partial charge >= 0.3 is 0 Å². The summed E-state index contributed by atoms with van der Waals surface area (Å²) in [7, 11) is 0. The number of nitrogen functional groups attached to an aromatic ring is 1. The monoisotopic (exact) mass is 314 g/mol. The van der Waals surface area contributed by atoms with Crippen LogP contribution in [-0.4, -0.2) is 9.97 Å². The van der Waals surface area contributed by atoms with Crippen LogP contribution in [0, 0.1) is 0 Å². The summed E-state index contributed by atoms with van der Waals surface area (Å²) < 4.78 is 6.36. The van der Waals surface area contributed by atoms with Crippen LogP contribution in [0.3, 0.4) is 0 Å². The fourth-order valence-corrected chi connectivity index (χ4v) is 1.62. The predicted octanol–water partition coefficient (Wildman–Crippen LogP) is 2.97. The molecule has 0 saturated heterocycles. The molecule has 88 valence electrons. The number of anilines is 1. The molecular weight excluding hydrogens is 307 g/mol. The molecule has 1 aromatic heterocycles. The first-order valence-corrected chi connectivity index (χ1v) is 5.79. The van der Waals surface area contributed by atoms with Crippen LogP contribution in [0.4, 0.5) is 5.95 Å². The molecule has 7 heteroatoms. The third-order valence-electron chi connectivity index (χ3n) is 1.88. The van der Waals surface area contributed by atoms with Gasteiger partial charge < -0.3 is 4.74 Å². The van der Waals surface area contributed by atoms with Crippen molar-refractivity contribution in [3.63, 3.8) is 0 Å². The molecule has 0 spiro atoms. The number of hydrogen-bond acceptors (Lipinski definition) is 5. The average molecular weight is 316 g/mol. The van der Waals surface area contributed by atoms with E-state index in [1.165, 1.54) is 6.20 Å². The topological polar surface area (TPSA) is 73.1 Å². The SMILES string of the molecule is NNc1ncc(Cl)c(Oc2ccccc2Br)n1. The van der Waals surface area contributed by atoms with Crippen LogP contribution in [-0.2, 0) is 0 Å². The normalized spacial score (nSPS) is 10.1. The second-order valence-electron chi connectivity index (χ2n) is 3.02. The van der Waals surface area contributed by atoms with Gasteiger partial charge in [-0.1, -0.05) is 23.7 Å². The van der Waals surface area contributed by atoms with Crippen molar-refractivity contribution >= 4 is 33.5 Å². The zero-order valence-corrected chi connectivity index (χ0v) is 10.9. The molecule has 0 atom stereocenters. The maximum Gasteiger partial charge on any atom is 0.243 e. The lowest BCUT2D eigenvalue weighted by Crippen LogP contribution is -2.10. The maximum atomic E-state index is 5.92. The van der Waals surface area contributed by atoms with Crippen LogP contribution in [0.2, 0.25) is 5.02 Å². The molecule has 1 aromatic carbocycles. The van der Waals surface area contributed by atoms with E-state index in [9.17, 15) is 0 Å². The Labute approximate surface area is 111 Å². The van der Waals surface area contributed by atoms with Gasteiger partial charge in [-0.25, -0.2) is 10.8 Å². The number of halogens is 2.